The van der Waals surface area contributed by atoms with Crippen LogP contribution in [0.15, 0.2) is 48.5 Å². The van der Waals surface area contributed by atoms with E-state index in [0.29, 0.717) is 6.54 Å². The van der Waals surface area contributed by atoms with Crippen LogP contribution >= 0.6 is 0 Å². The Kier molecular flexibility index (Phi) is 5.56. The van der Waals surface area contributed by atoms with Gasteiger partial charge in [-0.3, -0.25) is 9.59 Å². The van der Waals surface area contributed by atoms with Crippen molar-refractivity contribution in [2.45, 2.75) is 33.1 Å². The Morgan fingerprint density at radius 2 is 1.72 bits per heavy atom. The lowest BCUT2D eigenvalue weighted by atomic mass is 9.98. The van der Waals surface area contributed by atoms with Gasteiger partial charge < -0.3 is 15.1 Å². The van der Waals surface area contributed by atoms with Crippen LogP contribution in [0.4, 0.5) is 17.1 Å². The van der Waals surface area contributed by atoms with E-state index in [1.165, 1.54) is 12.8 Å². The van der Waals surface area contributed by atoms with Gasteiger partial charge in [-0.05, 0) is 49.9 Å². The molecule has 0 bridgehead atoms. The van der Waals surface area contributed by atoms with Crippen LogP contribution in [-0.4, -0.2) is 31.4 Å². The number of hydrogen-bond acceptors (Lipinski definition) is 3. The third-order valence-electron chi connectivity index (χ3n) is 6.13. The number of anilines is 3. The van der Waals surface area contributed by atoms with Crippen LogP contribution in [0.3, 0.4) is 0 Å². The fourth-order valence-electron chi connectivity index (χ4n) is 4.20. The van der Waals surface area contributed by atoms with Crippen molar-refractivity contribution < 1.29 is 9.59 Å². The van der Waals surface area contributed by atoms with E-state index in [1.54, 1.807) is 4.90 Å². The van der Waals surface area contributed by atoms with Gasteiger partial charge in [-0.1, -0.05) is 36.8 Å². The smallest absolute Gasteiger partial charge is 0.229 e. The SMILES string of the molecule is Cc1ccc(N2C[C@@H](C(=O)Nc3ccccc3N3CCC(C)CC3)CC2=O)cc1. The summed E-state index contributed by atoms with van der Waals surface area (Å²) in [5.41, 5.74) is 3.93. The maximum absolute atomic E-state index is 13.0. The lowest BCUT2D eigenvalue weighted by molar-refractivity contribution is -0.122. The van der Waals surface area contributed by atoms with E-state index in [9.17, 15) is 9.59 Å². The molecular weight excluding hydrogens is 362 g/mol. The summed E-state index contributed by atoms with van der Waals surface area (Å²) in [6, 6.07) is 15.9. The first kappa shape index (κ1) is 19.5. The van der Waals surface area contributed by atoms with Crippen LogP contribution in [0.2, 0.25) is 0 Å². The first-order chi connectivity index (χ1) is 14.0. The first-order valence-corrected chi connectivity index (χ1v) is 10.5. The highest BCUT2D eigenvalue weighted by atomic mass is 16.2. The molecule has 0 aromatic heterocycles. The van der Waals surface area contributed by atoms with Crippen LogP contribution in [0.25, 0.3) is 0 Å². The molecule has 2 aliphatic rings. The van der Waals surface area contributed by atoms with E-state index in [2.05, 4.69) is 23.2 Å². The predicted molar refractivity (Wildman–Crippen MR) is 117 cm³/mol. The number of nitrogens with one attached hydrogen (secondary N) is 1. The average molecular weight is 392 g/mol. The molecule has 2 amide bonds. The quantitative estimate of drug-likeness (QED) is 0.849. The van der Waals surface area contributed by atoms with Gasteiger partial charge in [-0.15, -0.1) is 0 Å². The second-order valence-electron chi connectivity index (χ2n) is 8.42. The second-order valence-corrected chi connectivity index (χ2v) is 8.42. The van der Waals surface area contributed by atoms with Gasteiger partial charge in [0, 0.05) is 31.7 Å². The molecule has 0 aliphatic carbocycles. The minimum Gasteiger partial charge on any atom is -0.370 e. The molecule has 5 nitrogen and oxygen atoms in total. The summed E-state index contributed by atoms with van der Waals surface area (Å²) in [5, 5.41) is 3.10. The van der Waals surface area contributed by atoms with E-state index < -0.39 is 0 Å². The van der Waals surface area contributed by atoms with Crippen molar-refractivity contribution in [1.82, 2.24) is 0 Å². The maximum Gasteiger partial charge on any atom is 0.229 e. The Morgan fingerprint density at radius 3 is 2.45 bits per heavy atom. The first-order valence-electron chi connectivity index (χ1n) is 10.5. The number of hydrogen-bond donors (Lipinski definition) is 1. The van der Waals surface area contributed by atoms with E-state index in [-0.39, 0.29) is 24.2 Å². The molecule has 2 heterocycles. The predicted octanol–water partition coefficient (Wildman–Crippen LogP) is 4.22. The highest BCUT2D eigenvalue weighted by Crippen LogP contribution is 2.31. The lowest BCUT2D eigenvalue weighted by Crippen LogP contribution is -2.34. The van der Waals surface area contributed by atoms with Gasteiger partial charge >= 0.3 is 0 Å². The Balaban J connectivity index is 1.45. The average Bonchev–Trinajstić information content (AvgIpc) is 3.12. The molecule has 2 aromatic rings. The second kappa shape index (κ2) is 8.27. The molecule has 2 aromatic carbocycles. The van der Waals surface area contributed by atoms with Crippen LogP contribution in [0, 0.1) is 18.8 Å². The molecule has 1 atom stereocenters. The number of carbonyl (C=O) groups is 2. The van der Waals surface area contributed by atoms with Crippen molar-refractivity contribution in [3.8, 4) is 0 Å². The summed E-state index contributed by atoms with van der Waals surface area (Å²) in [6.07, 6.45) is 2.60. The minimum absolute atomic E-state index is 0.00677. The van der Waals surface area contributed by atoms with Crippen molar-refractivity contribution >= 4 is 28.9 Å². The van der Waals surface area contributed by atoms with Crippen LogP contribution < -0.4 is 15.1 Å². The molecule has 5 heteroatoms. The molecule has 0 saturated carbocycles. The number of rotatable bonds is 4. The molecule has 0 spiro atoms. The molecule has 152 valence electrons. The third kappa shape index (κ3) is 4.29. The standard InChI is InChI=1S/C24H29N3O2/c1-17-7-9-20(10-8-17)27-16-19(15-23(27)28)24(29)25-21-5-3-4-6-22(21)26-13-11-18(2)12-14-26/h3-10,18-19H,11-16H2,1-2H3,(H,25,29)/t19-/m0/s1. The normalized spacial score (nSPS) is 20.2. The van der Waals surface area contributed by atoms with E-state index in [1.807, 2.05) is 49.4 Å². The van der Waals surface area contributed by atoms with Gasteiger partial charge in [-0.2, -0.15) is 0 Å². The van der Waals surface area contributed by atoms with Gasteiger partial charge in [0.2, 0.25) is 11.8 Å². The van der Waals surface area contributed by atoms with E-state index in [4.69, 9.17) is 0 Å². The highest BCUT2D eigenvalue weighted by Gasteiger charge is 2.35. The van der Waals surface area contributed by atoms with Gasteiger partial charge in [0.05, 0.1) is 17.3 Å². The lowest BCUT2D eigenvalue weighted by Gasteiger charge is -2.33. The van der Waals surface area contributed by atoms with Crippen LogP contribution in [0.5, 0.6) is 0 Å². The largest absolute Gasteiger partial charge is 0.370 e. The molecular formula is C24H29N3O2. The zero-order chi connectivity index (χ0) is 20.4. The Bertz CT molecular complexity index is 885. The van der Waals surface area contributed by atoms with Crippen molar-refractivity contribution in [2.24, 2.45) is 11.8 Å². The summed E-state index contributed by atoms with van der Waals surface area (Å²) in [4.78, 5) is 29.6. The van der Waals surface area contributed by atoms with Gasteiger partial charge in [0.15, 0.2) is 0 Å². The number of aryl methyl sites for hydroxylation is 1. The van der Waals surface area contributed by atoms with Crippen LogP contribution in [-0.2, 0) is 9.59 Å². The molecule has 1 N–H and O–H groups in total. The monoisotopic (exact) mass is 391 g/mol. The summed E-state index contributed by atoms with van der Waals surface area (Å²) in [5.74, 6) is 0.349. The molecule has 2 saturated heterocycles. The summed E-state index contributed by atoms with van der Waals surface area (Å²) < 4.78 is 0. The molecule has 29 heavy (non-hydrogen) atoms. The zero-order valence-electron chi connectivity index (χ0n) is 17.2. The van der Waals surface area contributed by atoms with Crippen molar-refractivity contribution in [1.29, 1.82) is 0 Å². The highest BCUT2D eigenvalue weighted by molar-refractivity contribution is 6.04. The fraction of sp³-hybridized carbons (Fsp3) is 0.417. The molecule has 4 rings (SSSR count). The van der Waals surface area contributed by atoms with Crippen molar-refractivity contribution in [3.05, 3.63) is 54.1 Å². The Labute approximate surface area is 172 Å². The minimum atomic E-state index is -0.335. The molecule has 0 radical (unpaired) electrons. The van der Waals surface area contributed by atoms with Crippen molar-refractivity contribution in [2.75, 3.05) is 34.8 Å². The van der Waals surface area contributed by atoms with Gasteiger partial charge in [0.1, 0.15) is 0 Å². The number of para-hydroxylation sites is 2. The Morgan fingerprint density at radius 1 is 1.03 bits per heavy atom. The topological polar surface area (TPSA) is 52.7 Å². The number of piperidine rings is 1. The van der Waals surface area contributed by atoms with Gasteiger partial charge in [0.25, 0.3) is 0 Å². The maximum atomic E-state index is 13.0. The molecule has 2 aliphatic heterocycles. The summed E-state index contributed by atoms with van der Waals surface area (Å²) in [7, 11) is 0. The van der Waals surface area contributed by atoms with Crippen LogP contribution in [0.1, 0.15) is 31.7 Å². The summed E-state index contributed by atoms with van der Waals surface area (Å²) in [6.45, 7) is 6.76. The zero-order valence-corrected chi connectivity index (χ0v) is 17.2. The summed E-state index contributed by atoms with van der Waals surface area (Å²) >= 11 is 0. The number of nitrogens with zero attached hydrogens (tertiary/aromatic N) is 2. The number of amides is 2. The third-order valence-corrected chi connectivity index (χ3v) is 6.13. The number of benzene rings is 2. The Hall–Kier alpha value is -2.82. The fourth-order valence-corrected chi connectivity index (χ4v) is 4.20. The van der Waals surface area contributed by atoms with Crippen molar-refractivity contribution in [3.63, 3.8) is 0 Å². The number of carbonyl (C=O) groups excluding carboxylic acids is 2. The van der Waals surface area contributed by atoms with E-state index in [0.717, 1.165) is 41.6 Å². The van der Waals surface area contributed by atoms with Gasteiger partial charge in [-0.25, -0.2) is 0 Å². The molecule has 2 fully saturated rings. The molecule has 0 unspecified atom stereocenters. The van der Waals surface area contributed by atoms with E-state index >= 15 is 0 Å².